The molecule has 0 spiro atoms. The summed E-state index contributed by atoms with van der Waals surface area (Å²) < 4.78 is 0. The predicted molar refractivity (Wildman–Crippen MR) is 59.9 cm³/mol. The van der Waals surface area contributed by atoms with Crippen molar-refractivity contribution in [2.75, 3.05) is 13.1 Å². The molecule has 1 unspecified atom stereocenters. The maximum atomic E-state index is 11.3. The molecule has 0 aliphatic carbocycles. The number of nitrogens with one attached hydrogen (secondary N) is 1. The minimum absolute atomic E-state index is 0.134. The van der Waals surface area contributed by atoms with E-state index in [9.17, 15) is 4.79 Å². The van der Waals surface area contributed by atoms with E-state index in [2.05, 4.69) is 12.2 Å². The third-order valence-electron chi connectivity index (χ3n) is 2.14. The van der Waals surface area contributed by atoms with Crippen molar-refractivity contribution in [3.63, 3.8) is 0 Å². The standard InChI is InChI=1S/C11H22N2O/c1-3-4-5-8-13-11(14)7-6-10(2)9-12/h3-4,10H,5-9,12H2,1-2H3,(H,13,14)/b4-3+. The van der Waals surface area contributed by atoms with E-state index in [4.69, 9.17) is 5.73 Å². The van der Waals surface area contributed by atoms with Crippen molar-refractivity contribution in [3.8, 4) is 0 Å². The summed E-state index contributed by atoms with van der Waals surface area (Å²) in [6.45, 7) is 5.43. The van der Waals surface area contributed by atoms with Gasteiger partial charge in [0, 0.05) is 13.0 Å². The fraction of sp³-hybridized carbons (Fsp3) is 0.727. The van der Waals surface area contributed by atoms with Gasteiger partial charge in [-0.05, 0) is 32.2 Å². The van der Waals surface area contributed by atoms with E-state index in [1.54, 1.807) is 0 Å². The fourth-order valence-electron chi connectivity index (χ4n) is 1.05. The zero-order valence-corrected chi connectivity index (χ0v) is 9.25. The molecule has 1 atom stereocenters. The Labute approximate surface area is 86.8 Å². The van der Waals surface area contributed by atoms with Gasteiger partial charge in [-0.25, -0.2) is 0 Å². The number of allylic oxidation sites excluding steroid dienone is 1. The molecule has 3 nitrogen and oxygen atoms in total. The van der Waals surface area contributed by atoms with Crippen molar-refractivity contribution in [2.24, 2.45) is 11.7 Å². The third-order valence-corrected chi connectivity index (χ3v) is 2.14. The lowest BCUT2D eigenvalue weighted by molar-refractivity contribution is -0.121. The molecule has 0 aromatic rings. The number of nitrogens with two attached hydrogens (primary N) is 1. The Bertz CT molecular complexity index is 178. The van der Waals surface area contributed by atoms with Crippen LogP contribution >= 0.6 is 0 Å². The van der Waals surface area contributed by atoms with E-state index in [1.165, 1.54) is 0 Å². The van der Waals surface area contributed by atoms with E-state index in [1.807, 2.05) is 19.1 Å². The molecule has 1 amide bonds. The molecule has 0 saturated heterocycles. The van der Waals surface area contributed by atoms with Gasteiger partial charge in [-0.2, -0.15) is 0 Å². The summed E-state index contributed by atoms with van der Waals surface area (Å²) >= 11 is 0. The van der Waals surface area contributed by atoms with Crippen molar-refractivity contribution in [2.45, 2.75) is 33.1 Å². The van der Waals surface area contributed by atoms with E-state index in [-0.39, 0.29) is 5.91 Å². The zero-order chi connectivity index (χ0) is 10.8. The van der Waals surface area contributed by atoms with E-state index in [0.29, 0.717) is 18.9 Å². The van der Waals surface area contributed by atoms with E-state index >= 15 is 0 Å². The first-order chi connectivity index (χ1) is 6.70. The minimum Gasteiger partial charge on any atom is -0.356 e. The first-order valence-electron chi connectivity index (χ1n) is 5.28. The van der Waals surface area contributed by atoms with Crippen LogP contribution in [0.25, 0.3) is 0 Å². The lowest BCUT2D eigenvalue weighted by atomic mass is 10.1. The van der Waals surface area contributed by atoms with Gasteiger partial charge in [-0.15, -0.1) is 0 Å². The number of hydrogen-bond acceptors (Lipinski definition) is 2. The Balaban J connectivity index is 3.37. The fourth-order valence-corrected chi connectivity index (χ4v) is 1.05. The van der Waals surface area contributed by atoms with Crippen LogP contribution in [-0.2, 0) is 4.79 Å². The molecule has 0 bridgehead atoms. The van der Waals surface area contributed by atoms with Gasteiger partial charge in [0.05, 0.1) is 0 Å². The molecule has 0 heterocycles. The predicted octanol–water partition coefficient (Wildman–Crippen LogP) is 1.44. The second-order valence-corrected chi connectivity index (χ2v) is 3.59. The summed E-state index contributed by atoms with van der Waals surface area (Å²) in [7, 11) is 0. The molecule has 0 aromatic heterocycles. The Hall–Kier alpha value is -0.830. The number of carbonyl (C=O) groups is 1. The van der Waals surface area contributed by atoms with Crippen LogP contribution in [0.1, 0.15) is 33.1 Å². The highest BCUT2D eigenvalue weighted by atomic mass is 16.1. The Morgan fingerprint density at radius 2 is 2.29 bits per heavy atom. The van der Waals surface area contributed by atoms with Gasteiger partial charge < -0.3 is 11.1 Å². The van der Waals surface area contributed by atoms with Gasteiger partial charge in [0.15, 0.2) is 0 Å². The average molecular weight is 198 g/mol. The summed E-state index contributed by atoms with van der Waals surface area (Å²) in [5.74, 6) is 0.575. The summed E-state index contributed by atoms with van der Waals surface area (Å²) in [6, 6.07) is 0. The van der Waals surface area contributed by atoms with Crippen LogP contribution in [-0.4, -0.2) is 19.0 Å². The topological polar surface area (TPSA) is 55.1 Å². The Morgan fingerprint density at radius 3 is 2.86 bits per heavy atom. The molecule has 0 aromatic carbocycles. The van der Waals surface area contributed by atoms with Crippen LogP contribution in [0, 0.1) is 5.92 Å². The highest BCUT2D eigenvalue weighted by molar-refractivity contribution is 5.75. The molecular weight excluding hydrogens is 176 g/mol. The largest absolute Gasteiger partial charge is 0.356 e. The smallest absolute Gasteiger partial charge is 0.220 e. The summed E-state index contributed by atoms with van der Waals surface area (Å²) in [5.41, 5.74) is 5.46. The molecule has 0 radical (unpaired) electrons. The van der Waals surface area contributed by atoms with Crippen LogP contribution < -0.4 is 11.1 Å². The summed E-state index contributed by atoms with van der Waals surface area (Å²) in [4.78, 5) is 11.3. The highest BCUT2D eigenvalue weighted by Crippen LogP contribution is 2.02. The maximum absolute atomic E-state index is 11.3. The molecule has 14 heavy (non-hydrogen) atoms. The number of rotatable bonds is 7. The molecule has 0 rings (SSSR count). The number of amides is 1. The van der Waals surface area contributed by atoms with Crippen LogP contribution in [0.3, 0.4) is 0 Å². The molecular formula is C11H22N2O. The minimum atomic E-state index is 0.134. The second kappa shape index (κ2) is 8.75. The molecule has 3 heteroatoms. The van der Waals surface area contributed by atoms with Gasteiger partial charge in [0.1, 0.15) is 0 Å². The number of hydrogen-bond donors (Lipinski definition) is 2. The van der Waals surface area contributed by atoms with Gasteiger partial charge in [-0.1, -0.05) is 19.1 Å². The third kappa shape index (κ3) is 7.80. The van der Waals surface area contributed by atoms with Crippen LogP contribution in [0.5, 0.6) is 0 Å². The lowest BCUT2D eigenvalue weighted by Gasteiger charge is -2.07. The van der Waals surface area contributed by atoms with E-state index in [0.717, 1.165) is 19.4 Å². The molecule has 0 saturated carbocycles. The average Bonchev–Trinajstić information content (AvgIpc) is 2.21. The maximum Gasteiger partial charge on any atom is 0.220 e. The lowest BCUT2D eigenvalue weighted by Crippen LogP contribution is -2.25. The summed E-state index contributed by atoms with van der Waals surface area (Å²) in [5, 5.41) is 2.87. The Kier molecular flexibility index (Phi) is 8.24. The van der Waals surface area contributed by atoms with Gasteiger partial charge in [0.25, 0.3) is 0 Å². The van der Waals surface area contributed by atoms with Crippen molar-refractivity contribution in [3.05, 3.63) is 12.2 Å². The normalized spacial score (nSPS) is 13.1. The molecule has 0 fully saturated rings. The van der Waals surface area contributed by atoms with Crippen LogP contribution in [0.15, 0.2) is 12.2 Å². The highest BCUT2D eigenvalue weighted by Gasteiger charge is 2.03. The SMILES string of the molecule is C/C=C/CCNC(=O)CCC(C)CN. The quantitative estimate of drug-likeness (QED) is 0.480. The number of carbonyl (C=O) groups excluding carboxylic acids is 1. The van der Waals surface area contributed by atoms with Gasteiger partial charge in [0.2, 0.25) is 5.91 Å². The van der Waals surface area contributed by atoms with Gasteiger partial charge >= 0.3 is 0 Å². The monoisotopic (exact) mass is 198 g/mol. The molecule has 0 aliphatic rings. The van der Waals surface area contributed by atoms with Crippen LogP contribution in [0.4, 0.5) is 0 Å². The molecule has 3 N–H and O–H groups in total. The van der Waals surface area contributed by atoms with Crippen molar-refractivity contribution >= 4 is 5.91 Å². The van der Waals surface area contributed by atoms with Crippen molar-refractivity contribution in [1.29, 1.82) is 0 Å². The molecule has 0 aliphatic heterocycles. The summed E-state index contributed by atoms with van der Waals surface area (Å²) in [6.07, 6.45) is 6.42. The molecule has 82 valence electrons. The van der Waals surface area contributed by atoms with E-state index < -0.39 is 0 Å². The first kappa shape index (κ1) is 13.2. The van der Waals surface area contributed by atoms with Crippen LogP contribution in [0.2, 0.25) is 0 Å². The van der Waals surface area contributed by atoms with Crippen molar-refractivity contribution < 1.29 is 4.79 Å². The van der Waals surface area contributed by atoms with Crippen molar-refractivity contribution in [1.82, 2.24) is 5.32 Å². The first-order valence-corrected chi connectivity index (χ1v) is 5.28. The second-order valence-electron chi connectivity index (χ2n) is 3.59. The zero-order valence-electron chi connectivity index (χ0n) is 9.25. The Morgan fingerprint density at radius 1 is 1.57 bits per heavy atom. The van der Waals surface area contributed by atoms with Gasteiger partial charge in [-0.3, -0.25) is 4.79 Å².